The molecular weight excluding hydrogens is 280 g/mol. The highest BCUT2D eigenvalue weighted by Gasteiger charge is 2.42. The van der Waals surface area contributed by atoms with E-state index in [1.54, 1.807) is 11.1 Å². The zero-order valence-corrected chi connectivity index (χ0v) is 13.4. The van der Waals surface area contributed by atoms with Gasteiger partial charge in [-0.1, -0.05) is 0 Å². The molecule has 3 rings (SSSR count). The molecule has 2 heterocycles. The van der Waals surface area contributed by atoms with E-state index in [4.69, 9.17) is 0 Å². The van der Waals surface area contributed by atoms with Gasteiger partial charge in [-0.3, -0.25) is 9.59 Å². The summed E-state index contributed by atoms with van der Waals surface area (Å²) in [6.45, 7) is 1.33. The van der Waals surface area contributed by atoms with Gasteiger partial charge in [-0.25, -0.2) is 4.98 Å². The molecule has 2 aliphatic rings. The Bertz CT molecular complexity index is 564. The second-order valence-corrected chi connectivity index (χ2v) is 6.50. The molecule has 2 amide bonds. The van der Waals surface area contributed by atoms with Crippen molar-refractivity contribution in [3.63, 3.8) is 0 Å². The summed E-state index contributed by atoms with van der Waals surface area (Å²) in [5.74, 6) is 1.15. The summed E-state index contributed by atoms with van der Waals surface area (Å²) in [6.07, 6.45) is 8.07. The fourth-order valence-electron chi connectivity index (χ4n) is 3.17. The molecule has 6 heteroatoms. The molecule has 1 aromatic rings. The van der Waals surface area contributed by atoms with Crippen molar-refractivity contribution in [3.8, 4) is 0 Å². The molecule has 0 bridgehead atoms. The molecule has 1 aliphatic carbocycles. The van der Waals surface area contributed by atoms with Crippen molar-refractivity contribution < 1.29 is 9.59 Å². The summed E-state index contributed by atoms with van der Waals surface area (Å²) < 4.78 is 2.00. The third-order valence-corrected chi connectivity index (χ3v) is 4.69. The van der Waals surface area contributed by atoms with Gasteiger partial charge in [0.05, 0.1) is 5.92 Å². The van der Waals surface area contributed by atoms with E-state index in [1.807, 2.05) is 29.8 Å². The van der Waals surface area contributed by atoms with Crippen LogP contribution in [0.2, 0.25) is 0 Å². The van der Waals surface area contributed by atoms with Crippen LogP contribution < -0.4 is 0 Å². The standard InChI is InChI=1S/C16H24N4O2/c1-18-9-7-17-14(18)4-3-8-19(2)16(22)12-10-15(21)20(11-12)13-5-6-13/h7,9,12-13H,3-6,8,10-11H2,1-2H3/t12-/m0/s1. The van der Waals surface area contributed by atoms with Gasteiger partial charge in [-0.15, -0.1) is 0 Å². The fraction of sp³-hybridized carbons (Fsp3) is 0.688. The topological polar surface area (TPSA) is 58.4 Å². The summed E-state index contributed by atoms with van der Waals surface area (Å²) in [7, 11) is 3.82. The first kappa shape index (κ1) is 15.1. The van der Waals surface area contributed by atoms with Crippen molar-refractivity contribution in [2.24, 2.45) is 13.0 Å². The molecular formula is C16H24N4O2. The molecule has 1 aliphatic heterocycles. The van der Waals surface area contributed by atoms with Crippen LogP contribution in [0.4, 0.5) is 0 Å². The first-order valence-electron chi connectivity index (χ1n) is 8.07. The Kier molecular flexibility index (Phi) is 4.18. The van der Waals surface area contributed by atoms with Crippen LogP contribution in [0, 0.1) is 5.92 Å². The number of rotatable bonds is 6. The van der Waals surface area contributed by atoms with E-state index in [1.165, 1.54) is 0 Å². The van der Waals surface area contributed by atoms with Crippen molar-refractivity contribution in [1.82, 2.24) is 19.4 Å². The third kappa shape index (κ3) is 3.15. The second-order valence-electron chi connectivity index (χ2n) is 6.50. The molecule has 0 aromatic carbocycles. The largest absolute Gasteiger partial charge is 0.345 e. The molecule has 0 radical (unpaired) electrons. The van der Waals surface area contributed by atoms with E-state index < -0.39 is 0 Å². The highest BCUT2D eigenvalue weighted by Crippen LogP contribution is 2.33. The van der Waals surface area contributed by atoms with E-state index in [2.05, 4.69) is 4.98 Å². The number of nitrogens with zero attached hydrogens (tertiary/aromatic N) is 4. The quantitative estimate of drug-likeness (QED) is 0.782. The predicted molar refractivity (Wildman–Crippen MR) is 82.0 cm³/mol. The van der Waals surface area contributed by atoms with Gasteiger partial charge in [-0.05, 0) is 19.3 Å². The van der Waals surface area contributed by atoms with Gasteiger partial charge in [0, 0.05) is 58.5 Å². The molecule has 0 N–H and O–H groups in total. The minimum Gasteiger partial charge on any atom is -0.345 e. The number of aryl methyl sites for hydroxylation is 2. The van der Waals surface area contributed by atoms with Crippen molar-refractivity contribution in [3.05, 3.63) is 18.2 Å². The molecule has 0 spiro atoms. The van der Waals surface area contributed by atoms with Crippen LogP contribution in [0.1, 0.15) is 31.5 Å². The zero-order chi connectivity index (χ0) is 15.7. The smallest absolute Gasteiger partial charge is 0.227 e. The maximum atomic E-state index is 12.5. The van der Waals surface area contributed by atoms with Gasteiger partial charge < -0.3 is 14.4 Å². The lowest BCUT2D eigenvalue weighted by molar-refractivity contribution is -0.134. The third-order valence-electron chi connectivity index (χ3n) is 4.69. The van der Waals surface area contributed by atoms with Gasteiger partial charge in [0.15, 0.2) is 0 Å². The minimum absolute atomic E-state index is 0.108. The molecule has 22 heavy (non-hydrogen) atoms. The maximum Gasteiger partial charge on any atom is 0.227 e. The van der Waals surface area contributed by atoms with Crippen LogP contribution in [0.15, 0.2) is 12.4 Å². The molecule has 0 unspecified atom stereocenters. The predicted octanol–water partition coefficient (Wildman–Crippen LogP) is 0.822. The van der Waals surface area contributed by atoms with Gasteiger partial charge in [0.2, 0.25) is 11.8 Å². The van der Waals surface area contributed by atoms with Crippen LogP contribution >= 0.6 is 0 Å². The first-order valence-corrected chi connectivity index (χ1v) is 8.07. The SMILES string of the molecule is CN(CCCc1nccn1C)C(=O)[C@H]1CC(=O)N(C2CC2)C1. The van der Waals surface area contributed by atoms with Gasteiger partial charge >= 0.3 is 0 Å². The molecule has 1 saturated carbocycles. The van der Waals surface area contributed by atoms with E-state index in [-0.39, 0.29) is 17.7 Å². The van der Waals surface area contributed by atoms with Crippen LogP contribution in [0.25, 0.3) is 0 Å². The number of carbonyl (C=O) groups excluding carboxylic acids is 2. The van der Waals surface area contributed by atoms with Crippen LogP contribution in [-0.2, 0) is 23.1 Å². The van der Waals surface area contributed by atoms with E-state index in [0.29, 0.717) is 25.6 Å². The maximum absolute atomic E-state index is 12.5. The molecule has 1 aromatic heterocycles. The summed E-state index contributed by atoms with van der Waals surface area (Å²) in [5.41, 5.74) is 0. The first-order chi connectivity index (χ1) is 10.6. The van der Waals surface area contributed by atoms with Crippen LogP contribution in [-0.4, -0.2) is 57.3 Å². The van der Waals surface area contributed by atoms with Crippen molar-refractivity contribution in [1.29, 1.82) is 0 Å². The highest BCUT2D eigenvalue weighted by atomic mass is 16.2. The summed E-state index contributed by atoms with van der Waals surface area (Å²) in [4.78, 5) is 32.4. The number of amides is 2. The molecule has 2 fully saturated rings. The number of aromatic nitrogens is 2. The van der Waals surface area contributed by atoms with Gasteiger partial charge in [0.25, 0.3) is 0 Å². The zero-order valence-electron chi connectivity index (χ0n) is 13.4. The summed E-state index contributed by atoms with van der Waals surface area (Å²) >= 11 is 0. The Hall–Kier alpha value is -1.85. The Balaban J connectivity index is 1.45. The Morgan fingerprint density at radius 1 is 1.45 bits per heavy atom. The van der Waals surface area contributed by atoms with Crippen molar-refractivity contribution >= 4 is 11.8 Å². The number of hydrogen-bond donors (Lipinski definition) is 0. The average Bonchev–Trinajstić information content (AvgIpc) is 3.15. The lowest BCUT2D eigenvalue weighted by atomic mass is 10.1. The Morgan fingerprint density at radius 3 is 2.86 bits per heavy atom. The van der Waals surface area contributed by atoms with Crippen LogP contribution in [0.3, 0.4) is 0 Å². The van der Waals surface area contributed by atoms with E-state index in [0.717, 1.165) is 31.5 Å². The van der Waals surface area contributed by atoms with Gasteiger partial charge in [0.1, 0.15) is 5.82 Å². The van der Waals surface area contributed by atoms with Crippen molar-refractivity contribution in [2.45, 2.75) is 38.1 Å². The molecule has 1 saturated heterocycles. The van der Waals surface area contributed by atoms with E-state index in [9.17, 15) is 9.59 Å². The highest BCUT2D eigenvalue weighted by molar-refractivity contribution is 5.89. The van der Waals surface area contributed by atoms with Gasteiger partial charge in [-0.2, -0.15) is 0 Å². The number of imidazole rings is 1. The average molecular weight is 304 g/mol. The fourth-order valence-corrected chi connectivity index (χ4v) is 3.17. The Labute approximate surface area is 131 Å². The van der Waals surface area contributed by atoms with Crippen LogP contribution in [0.5, 0.6) is 0 Å². The molecule has 120 valence electrons. The monoisotopic (exact) mass is 304 g/mol. The number of carbonyl (C=O) groups is 2. The lowest BCUT2D eigenvalue weighted by Gasteiger charge is -2.21. The number of hydrogen-bond acceptors (Lipinski definition) is 3. The second kappa shape index (κ2) is 6.10. The molecule has 6 nitrogen and oxygen atoms in total. The summed E-state index contributed by atoms with van der Waals surface area (Å²) in [5, 5.41) is 0. The summed E-state index contributed by atoms with van der Waals surface area (Å²) in [6, 6.07) is 0.416. The number of likely N-dealkylation sites (tertiary alicyclic amines) is 1. The van der Waals surface area contributed by atoms with E-state index >= 15 is 0 Å². The lowest BCUT2D eigenvalue weighted by Crippen LogP contribution is -2.35. The minimum atomic E-state index is -0.147. The Morgan fingerprint density at radius 2 is 2.23 bits per heavy atom. The normalized spacial score (nSPS) is 21.5. The molecule has 1 atom stereocenters. The van der Waals surface area contributed by atoms with Crippen molar-refractivity contribution in [2.75, 3.05) is 20.1 Å².